The van der Waals surface area contributed by atoms with Crippen molar-refractivity contribution in [2.75, 3.05) is 26.2 Å². The molecule has 110 valence electrons. The lowest BCUT2D eigenvalue weighted by molar-refractivity contribution is 0.164. The number of piperidine rings is 1. The first-order valence-corrected chi connectivity index (χ1v) is 7.19. The molecule has 0 saturated carbocycles. The summed E-state index contributed by atoms with van der Waals surface area (Å²) in [5.74, 6) is 0.308. The number of urea groups is 2. The molecule has 1 atom stereocenters. The molecule has 0 aromatic heterocycles. The number of hydrogen-bond donors (Lipinski definition) is 3. The summed E-state index contributed by atoms with van der Waals surface area (Å²) in [5, 5.41) is 5.56. The average Bonchev–Trinajstić information content (AvgIpc) is 2.41. The van der Waals surface area contributed by atoms with Gasteiger partial charge < -0.3 is 21.3 Å². The van der Waals surface area contributed by atoms with Crippen LogP contribution in [0.1, 0.15) is 39.0 Å². The lowest BCUT2D eigenvalue weighted by Gasteiger charge is -2.32. The highest BCUT2D eigenvalue weighted by Crippen LogP contribution is 2.15. The Labute approximate surface area is 115 Å². The molecule has 0 aromatic carbocycles. The molecule has 1 aliphatic heterocycles. The van der Waals surface area contributed by atoms with Crippen LogP contribution in [0.3, 0.4) is 0 Å². The number of carbonyl (C=O) groups is 2. The van der Waals surface area contributed by atoms with E-state index in [4.69, 9.17) is 5.73 Å². The number of hydrogen-bond acceptors (Lipinski definition) is 2. The second-order valence-electron chi connectivity index (χ2n) is 5.14. The van der Waals surface area contributed by atoms with Gasteiger partial charge in [-0.25, -0.2) is 9.59 Å². The topological polar surface area (TPSA) is 87.5 Å². The van der Waals surface area contributed by atoms with E-state index >= 15 is 0 Å². The van der Waals surface area contributed by atoms with Crippen LogP contribution < -0.4 is 16.4 Å². The molecular formula is C13H26N4O2. The summed E-state index contributed by atoms with van der Waals surface area (Å²) in [6.07, 6.45) is 5.34. The van der Waals surface area contributed by atoms with Gasteiger partial charge in [0.15, 0.2) is 0 Å². The molecule has 0 spiro atoms. The van der Waals surface area contributed by atoms with Gasteiger partial charge in [-0.3, -0.25) is 0 Å². The number of amides is 4. The summed E-state index contributed by atoms with van der Waals surface area (Å²) in [5.41, 5.74) is 5.06. The second kappa shape index (κ2) is 8.61. The normalized spacial score (nSPS) is 19.0. The Hall–Kier alpha value is -1.46. The fourth-order valence-electron chi connectivity index (χ4n) is 2.34. The Balaban J connectivity index is 2.24. The molecule has 6 nitrogen and oxygen atoms in total. The Morgan fingerprint density at radius 3 is 2.79 bits per heavy atom. The number of likely N-dealkylation sites (tertiary alicyclic amines) is 1. The quantitative estimate of drug-likeness (QED) is 0.635. The molecule has 1 heterocycles. The lowest BCUT2D eigenvalue weighted by atomic mass is 9.98. The zero-order valence-corrected chi connectivity index (χ0v) is 11.8. The highest BCUT2D eigenvalue weighted by Gasteiger charge is 2.23. The predicted octanol–water partition coefficient (Wildman–Crippen LogP) is 1.27. The van der Waals surface area contributed by atoms with Crippen LogP contribution in [0, 0.1) is 5.92 Å². The molecule has 6 heteroatoms. The van der Waals surface area contributed by atoms with Crippen LogP contribution in [0.15, 0.2) is 0 Å². The first kappa shape index (κ1) is 15.6. The standard InChI is InChI=1S/C13H26N4O2/c1-2-3-4-7-15-13(19)17-8-5-6-11(10-17)9-16-12(14)18/h11H,2-10H2,1H3,(H,15,19)(H3,14,16,18)/t11-/m0/s1. The van der Waals surface area contributed by atoms with E-state index in [9.17, 15) is 9.59 Å². The smallest absolute Gasteiger partial charge is 0.317 e. The maximum atomic E-state index is 11.9. The van der Waals surface area contributed by atoms with Crippen LogP contribution in [-0.2, 0) is 0 Å². The fourth-order valence-corrected chi connectivity index (χ4v) is 2.34. The molecule has 0 aliphatic carbocycles. The van der Waals surface area contributed by atoms with E-state index in [1.807, 2.05) is 4.90 Å². The van der Waals surface area contributed by atoms with E-state index in [2.05, 4.69) is 17.6 Å². The van der Waals surface area contributed by atoms with Crippen LogP contribution in [0.2, 0.25) is 0 Å². The molecule has 4 N–H and O–H groups in total. The Morgan fingerprint density at radius 1 is 1.32 bits per heavy atom. The van der Waals surface area contributed by atoms with Crippen molar-refractivity contribution in [1.82, 2.24) is 15.5 Å². The highest BCUT2D eigenvalue weighted by molar-refractivity contribution is 5.74. The molecule has 1 rings (SSSR count). The monoisotopic (exact) mass is 270 g/mol. The minimum atomic E-state index is -0.499. The minimum absolute atomic E-state index is 0.0138. The summed E-state index contributed by atoms with van der Waals surface area (Å²) in [6, 6.07) is -0.485. The van der Waals surface area contributed by atoms with Gasteiger partial charge in [-0.15, -0.1) is 0 Å². The third kappa shape index (κ3) is 6.31. The van der Waals surface area contributed by atoms with E-state index in [0.29, 0.717) is 19.0 Å². The van der Waals surface area contributed by atoms with Crippen molar-refractivity contribution in [3.05, 3.63) is 0 Å². The van der Waals surface area contributed by atoms with E-state index in [1.165, 1.54) is 0 Å². The van der Waals surface area contributed by atoms with Crippen LogP contribution in [-0.4, -0.2) is 43.1 Å². The van der Waals surface area contributed by atoms with Crippen LogP contribution in [0.25, 0.3) is 0 Å². The van der Waals surface area contributed by atoms with E-state index in [0.717, 1.165) is 45.2 Å². The largest absolute Gasteiger partial charge is 0.352 e. The first-order chi connectivity index (χ1) is 9.13. The van der Waals surface area contributed by atoms with Crippen molar-refractivity contribution in [1.29, 1.82) is 0 Å². The Bertz CT molecular complexity index is 296. The molecule has 4 amide bonds. The van der Waals surface area contributed by atoms with Crippen LogP contribution in [0.4, 0.5) is 9.59 Å². The zero-order valence-electron chi connectivity index (χ0n) is 11.8. The van der Waals surface area contributed by atoms with E-state index < -0.39 is 6.03 Å². The van der Waals surface area contributed by atoms with Gasteiger partial charge in [0.2, 0.25) is 0 Å². The zero-order chi connectivity index (χ0) is 14.1. The minimum Gasteiger partial charge on any atom is -0.352 e. The maximum absolute atomic E-state index is 11.9. The molecular weight excluding hydrogens is 244 g/mol. The molecule has 1 fully saturated rings. The molecule has 1 saturated heterocycles. The van der Waals surface area contributed by atoms with Crippen molar-refractivity contribution in [3.63, 3.8) is 0 Å². The maximum Gasteiger partial charge on any atom is 0.317 e. The molecule has 0 unspecified atom stereocenters. The summed E-state index contributed by atoms with van der Waals surface area (Å²) >= 11 is 0. The average molecular weight is 270 g/mol. The first-order valence-electron chi connectivity index (χ1n) is 7.19. The van der Waals surface area contributed by atoms with E-state index in [-0.39, 0.29) is 6.03 Å². The third-order valence-electron chi connectivity index (χ3n) is 3.43. The summed E-state index contributed by atoms with van der Waals surface area (Å²) < 4.78 is 0. The third-order valence-corrected chi connectivity index (χ3v) is 3.43. The van der Waals surface area contributed by atoms with Crippen LogP contribution in [0.5, 0.6) is 0 Å². The van der Waals surface area contributed by atoms with Gasteiger partial charge in [0.05, 0.1) is 0 Å². The molecule has 0 aromatic rings. The summed E-state index contributed by atoms with van der Waals surface area (Å²) in [4.78, 5) is 24.5. The number of unbranched alkanes of at least 4 members (excludes halogenated alkanes) is 2. The molecule has 19 heavy (non-hydrogen) atoms. The van der Waals surface area contributed by atoms with Crippen molar-refractivity contribution in [2.45, 2.75) is 39.0 Å². The van der Waals surface area contributed by atoms with Crippen LogP contribution >= 0.6 is 0 Å². The Morgan fingerprint density at radius 2 is 2.11 bits per heavy atom. The fraction of sp³-hybridized carbons (Fsp3) is 0.846. The predicted molar refractivity (Wildman–Crippen MR) is 74.8 cm³/mol. The van der Waals surface area contributed by atoms with Crippen molar-refractivity contribution in [2.24, 2.45) is 11.7 Å². The SMILES string of the molecule is CCCCCNC(=O)N1CCC[C@@H](CNC(N)=O)C1. The van der Waals surface area contributed by atoms with Gasteiger partial charge in [-0.2, -0.15) is 0 Å². The number of primary amides is 1. The van der Waals surface area contributed by atoms with Crippen molar-refractivity contribution in [3.8, 4) is 0 Å². The summed E-state index contributed by atoms with van der Waals surface area (Å²) in [7, 11) is 0. The lowest BCUT2D eigenvalue weighted by Crippen LogP contribution is -2.48. The summed E-state index contributed by atoms with van der Waals surface area (Å²) in [6.45, 7) is 4.93. The highest BCUT2D eigenvalue weighted by atomic mass is 16.2. The van der Waals surface area contributed by atoms with Gasteiger partial charge in [0.1, 0.15) is 0 Å². The molecule has 0 radical (unpaired) electrons. The number of nitrogens with one attached hydrogen (secondary N) is 2. The van der Waals surface area contributed by atoms with Gasteiger partial charge >= 0.3 is 12.1 Å². The number of nitrogens with two attached hydrogens (primary N) is 1. The van der Waals surface area contributed by atoms with Crippen molar-refractivity contribution >= 4 is 12.1 Å². The number of rotatable bonds is 6. The van der Waals surface area contributed by atoms with Crippen molar-refractivity contribution < 1.29 is 9.59 Å². The van der Waals surface area contributed by atoms with Gasteiger partial charge in [0.25, 0.3) is 0 Å². The number of nitrogens with zero attached hydrogens (tertiary/aromatic N) is 1. The van der Waals surface area contributed by atoms with Gasteiger partial charge in [-0.1, -0.05) is 19.8 Å². The number of carbonyl (C=O) groups excluding carboxylic acids is 2. The van der Waals surface area contributed by atoms with Gasteiger partial charge in [0, 0.05) is 26.2 Å². The second-order valence-corrected chi connectivity index (χ2v) is 5.14. The molecule has 1 aliphatic rings. The Kier molecular flexibility index (Phi) is 7.07. The van der Waals surface area contributed by atoms with Gasteiger partial charge in [-0.05, 0) is 25.2 Å². The molecule has 0 bridgehead atoms. The van der Waals surface area contributed by atoms with E-state index in [1.54, 1.807) is 0 Å².